The maximum Gasteiger partial charge on any atom is 0.380 e. The number of esters is 1. The molecule has 0 aliphatic carbocycles. The average Bonchev–Trinajstić information content (AvgIpc) is 2.77. The zero-order chi connectivity index (χ0) is 13.1. The van der Waals surface area contributed by atoms with Gasteiger partial charge in [0.05, 0.1) is 13.4 Å². The Kier molecular flexibility index (Phi) is 3.37. The molecule has 4 nitrogen and oxygen atoms in total. The number of rotatable bonds is 3. The summed E-state index contributed by atoms with van der Waals surface area (Å²) < 4.78 is 15.5. The standard InChI is InChI=1S/C14H14O4/c1-9-4-5-11(12(8-9)16-3)18-14(15)13-10(2)6-7-17-13/h4-8H,1-3H3. The average molecular weight is 246 g/mol. The molecule has 0 radical (unpaired) electrons. The summed E-state index contributed by atoms with van der Waals surface area (Å²) >= 11 is 0. The lowest BCUT2D eigenvalue weighted by Crippen LogP contribution is -2.09. The van der Waals surface area contributed by atoms with Crippen LogP contribution in [0.25, 0.3) is 0 Å². The number of ether oxygens (including phenoxy) is 2. The predicted octanol–water partition coefficient (Wildman–Crippen LogP) is 3.12. The molecule has 0 aliphatic rings. The van der Waals surface area contributed by atoms with Crippen molar-refractivity contribution >= 4 is 5.97 Å². The van der Waals surface area contributed by atoms with Gasteiger partial charge in [0.2, 0.25) is 5.76 Å². The van der Waals surface area contributed by atoms with E-state index in [4.69, 9.17) is 13.9 Å². The van der Waals surface area contributed by atoms with E-state index < -0.39 is 5.97 Å². The maximum absolute atomic E-state index is 11.9. The van der Waals surface area contributed by atoms with E-state index in [0.717, 1.165) is 11.1 Å². The zero-order valence-corrected chi connectivity index (χ0v) is 10.5. The quantitative estimate of drug-likeness (QED) is 0.616. The minimum atomic E-state index is -0.528. The van der Waals surface area contributed by atoms with E-state index >= 15 is 0 Å². The van der Waals surface area contributed by atoms with Crippen LogP contribution in [0.2, 0.25) is 0 Å². The third-order valence-corrected chi connectivity index (χ3v) is 2.57. The lowest BCUT2D eigenvalue weighted by molar-refractivity contribution is 0.0695. The van der Waals surface area contributed by atoms with Gasteiger partial charge in [-0.1, -0.05) is 6.07 Å². The Balaban J connectivity index is 2.24. The lowest BCUT2D eigenvalue weighted by atomic mass is 10.2. The van der Waals surface area contributed by atoms with Gasteiger partial charge in [-0.05, 0) is 37.6 Å². The fraction of sp³-hybridized carbons (Fsp3) is 0.214. The van der Waals surface area contributed by atoms with Gasteiger partial charge >= 0.3 is 5.97 Å². The summed E-state index contributed by atoms with van der Waals surface area (Å²) in [7, 11) is 1.53. The molecule has 94 valence electrons. The molecule has 1 aromatic heterocycles. The van der Waals surface area contributed by atoms with Crippen LogP contribution in [0.4, 0.5) is 0 Å². The first-order chi connectivity index (χ1) is 8.61. The van der Waals surface area contributed by atoms with Crippen molar-refractivity contribution in [3.8, 4) is 11.5 Å². The number of hydrogen-bond acceptors (Lipinski definition) is 4. The number of carbonyl (C=O) groups is 1. The van der Waals surface area contributed by atoms with Crippen LogP contribution in [0.15, 0.2) is 34.9 Å². The van der Waals surface area contributed by atoms with Gasteiger partial charge in [0.25, 0.3) is 0 Å². The van der Waals surface area contributed by atoms with Crippen molar-refractivity contribution in [1.29, 1.82) is 0 Å². The summed E-state index contributed by atoms with van der Waals surface area (Å²) in [4.78, 5) is 11.9. The third kappa shape index (κ3) is 2.37. The molecule has 1 heterocycles. The van der Waals surface area contributed by atoms with Gasteiger partial charge in [0.15, 0.2) is 11.5 Å². The Bertz CT molecular complexity index is 569. The molecule has 4 heteroatoms. The second-order valence-electron chi connectivity index (χ2n) is 3.98. The van der Waals surface area contributed by atoms with E-state index in [1.165, 1.54) is 13.4 Å². The molecule has 0 spiro atoms. The van der Waals surface area contributed by atoms with Gasteiger partial charge in [0, 0.05) is 5.56 Å². The SMILES string of the molecule is COc1cc(C)ccc1OC(=O)c1occc1C. The van der Waals surface area contributed by atoms with Gasteiger partial charge in [-0.2, -0.15) is 0 Å². The van der Waals surface area contributed by atoms with Crippen LogP contribution in [-0.4, -0.2) is 13.1 Å². The molecule has 2 aromatic rings. The predicted molar refractivity (Wildman–Crippen MR) is 66.1 cm³/mol. The first-order valence-electron chi connectivity index (χ1n) is 5.52. The molecule has 0 saturated carbocycles. The van der Waals surface area contributed by atoms with Gasteiger partial charge in [-0.15, -0.1) is 0 Å². The molecule has 0 atom stereocenters. The minimum Gasteiger partial charge on any atom is -0.493 e. The molecule has 0 unspecified atom stereocenters. The van der Waals surface area contributed by atoms with E-state index in [-0.39, 0.29) is 5.76 Å². The minimum absolute atomic E-state index is 0.206. The molecule has 18 heavy (non-hydrogen) atoms. The summed E-state index contributed by atoms with van der Waals surface area (Å²) in [5.41, 5.74) is 1.77. The Morgan fingerprint density at radius 2 is 1.94 bits per heavy atom. The summed E-state index contributed by atoms with van der Waals surface area (Å²) in [5, 5.41) is 0. The highest BCUT2D eigenvalue weighted by Crippen LogP contribution is 2.28. The highest BCUT2D eigenvalue weighted by Gasteiger charge is 2.17. The van der Waals surface area contributed by atoms with Crippen LogP contribution in [0.3, 0.4) is 0 Å². The number of aryl methyl sites for hydroxylation is 2. The van der Waals surface area contributed by atoms with Gasteiger partial charge < -0.3 is 13.9 Å². The first kappa shape index (κ1) is 12.2. The van der Waals surface area contributed by atoms with Crippen LogP contribution in [0.5, 0.6) is 11.5 Å². The molecule has 0 N–H and O–H groups in total. The van der Waals surface area contributed by atoms with Crippen molar-refractivity contribution in [1.82, 2.24) is 0 Å². The van der Waals surface area contributed by atoms with Crippen molar-refractivity contribution in [3.05, 3.63) is 47.4 Å². The second kappa shape index (κ2) is 4.96. The molecule has 0 aliphatic heterocycles. The smallest absolute Gasteiger partial charge is 0.380 e. The van der Waals surface area contributed by atoms with Crippen molar-refractivity contribution < 1.29 is 18.7 Å². The summed E-state index contributed by atoms with van der Waals surface area (Å²) in [5.74, 6) is 0.578. The lowest BCUT2D eigenvalue weighted by Gasteiger charge is -2.09. The third-order valence-electron chi connectivity index (χ3n) is 2.57. The molecule has 0 saturated heterocycles. The Morgan fingerprint density at radius 1 is 1.17 bits per heavy atom. The van der Waals surface area contributed by atoms with Crippen LogP contribution in [-0.2, 0) is 0 Å². The van der Waals surface area contributed by atoms with Gasteiger partial charge in [-0.25, -0.2) is 4.79 Å². The van der Waals surface area contributed by atoms with Gasteiger partial charge in [-0.3, -0.25) is 0 Å². The van der Waals surface area contributed by atoms with E-state index in [1.54, 1.807) is 25.1 Å². The molecule has 0 amide bonds. The van der Waals surface area contributed by atoms with Crippen molar-refractivity contribution in [3.63, 3.8) is 0 Å². The molecule has 2 rings (SSSR count). The van der Waals surface area contributed by atoms with Crippen molar-refractivity contribution in [2.24, 2.45) is 0 Å². The topological polar surface area (TPSA) is 48.7 Å². The van der Waals surface area contributed by atoms with E-state index in [2.05, 4.69) is 0 Å². The number of hydrogen-bond donors (Lipinski definition) is 0. The first-order valence-corrected chi connectivity index (χ1v) is 5.52. The van der Waals surface area contributed by atoms with E-state index in [9.17, 15) is 4.79 Å². The van der Waals surface area contributed by atoms with Crippen LogP contribution in [0, 0.1) is 13.8 Å². The van der Waals surface area contributed by atoms with Gasteiger partial charge in [0.1, 0.15) is 0 Å². The number of benzene rings is 1. The molecule has 0 bridgehead atoms. The highest BCUT2D eigenvalue weighted by molar-refractivity contribution is 5.89. The maximum atomic E-state index is 11.9. The second-order valence-corrected chi connectivity index (χ2v) is 3.98. The molecule has 0 fully saturated rings. The Hall–Kier alpha value is -2.23. The Morgan fingerprint density at radius 3 is 2.56 bits per heavy atom. The van der Waals surface area contributed by atoms with Crippen molar-refractivity contribution in [2.45, 2.75) is 13.8 Å². The molecule has 1 aromatic carbocycles. The Labute approximate surface area is 105 Å². The monoisotopic (exact) mass is 246 g/mol. The zero-order valence-electron chi connectivity index (χ0n) is 10.5. The number of furan rings is 1. The number of methoxy groups -OCH3 is 1. The van der Waals surface area contributed by atoms with Crippen molar-refractivity contribution in [2.75, 3.05) is 7.11 Å². The normalized spacial score (nSPS) is 10.2. The largest absolute Gasteiger partial charge is 0.493 e. The van der Waals surface area contributed by atoms with Crippen LogP contribution < -0.4 is 9.47 Å². The molecular formula is C14H14O4. The highest BCUT2D eigenvalue weighted by atomic mass is 16.6. The number of carbonyl (C=O) groups excluding carboxylic acids is 1. The van der Waals surface area contributed by atoms with Crippen LogP contribution in [0.1, 0.15) is 21.7 Å². The van der Waals surface area contributed by atoms with E-state index in [1.807, 2.05) is 13.0 Å². The summed E-state index contributed by atoms with van der Waals surface area (Å²) in [6.45, 7) is 3.72. The van der Waals surface area contributed by atoms with Crippen LogP contribution >= 0.6 is 0 Å². The fourth-order valence-corrected chi connectivity index (χ4v) is 1.59. The molecular weight excluding hydrogens is 232 g/mol. The fourth-order valence-electron chi connectivity index (χ4n) is 1.59. The summed E-state index contributed by atoms with van der Waals surface area (Å²) in [6, 6.07) is 7.06. The van der Waals surface area contributed by atoms with E-state index in [0.29, 0.717) is 11.5 Å². The summed E-state index contributed by atoms with van der Waals surface area (Å²) in [6.07, 6.45) is 1.46.